The number of carbonyl (C=O) groups excluding carboxylic acids is 1. The van der Waals surface area contributed by atoms with Crippen molar-refractivity contribution < 1.29 is 19.4 Å². The van der Waals surface area contributed by atoms with Gasteiger partial charge in [0.05, 0.1) is 18.2 Å². The van der Waals surface area contributed by atoms with E-state index >= 15 is 0 Å². The Morgan fingerprint density at radius 3 is 2.79 bits per heavy atom. The Bertz CT molecular complexity index is 968. The van der Waals surface area contributed by atoms with Gasteiger partial charge in [0.2, 0.25) is 0 Å². The molecule has 3 aromatic rings. The van der Waals surface area contributed by atoms with Crippen molar-refractivity contribution in [2.75, 3.05) is 39.7 Å². The Balaban J connectivity index is 1.81. The zero-order valence-corrected chi connectivity index (χ0v) is 16.2. The molecule has 1 heterocycles. The molecular formula is C20H24N4O4. The molecule has 0 radical (unpaired) electrons. The third-order valence-electron chi connectivity index (χ3n) is 4.17. The van der Waals surface area contributed by atoms with Crippen LogP contribution in [0.1, 0.15) is 16.2 Å². The molecule has 0 aliphatic heterocycles. The van der Waals surface area contributed by atoms with Gasteiger partial charge in [-0.05, 0) is 38.4 Å². The number of aromatic nitrogens is 2. The van der Waals surface area contributed by atoms with E-state index in [1.807, 2.05) is 25.1 Å². The van der Waals surface area contributed by atoms with Crippen LogP contribution in [0.15, 0.2) is 36.4 Å². The van der Waals surface area contributed by atoms with Crippen molar-refractivity contribution in [2.45, 2.75) is 6.61 Å². The van der Waals surface area contributed by atoms with E-state index in [-0.39, 0.29) is 12.5 Å². The normalized spacial score (nSPS) is 11.0. The standard InChI is InChI=1S/C20H24N4O4/c1-24(2)9-10-28-17-11-13(7-8-16(17)27-3)21-20(26)14-5-4-6-15-19(14)23-18(12-25)22-15/h4-8,11,25H,9-10,12H2,1-3H3,(H,21,26)(H,22,23). The first kappa shape index (κ1) is 19.7. The lowest BCUT2D eigenvalue weighted by atomic mass is 10.1. The number of aliphatic hydroxyl groups is 1. The molecule has 0 bridgehead atoms. The summed E-state index contributed by atoms with van der Waals surface area (Å²) in [5, 5.41) is 12.1. The second-order valence-corrected chi connectivity index (χ2v) is 6.51. The number of aromatic amines is 1. The third kappa shape index (κ3) is 4.41. The third-order valence-corrected chi connectivity index (χ3v) is 4.17. The number of anilines is 1. The smallest absolute Gasteiger partial charge is 0.257 e. The van der Waals surface area contributed by atoms with Gasteiger partial charge in [-0.25, -0.2) is 4.98 Å². The topological polar surface area (TPSA) is 99.7 Å². The number of hydrogen-bond acceptors (Lipinski definition) is 6. The highest BCUT2D eigenvalue weighted by Crippen LogP contribution is 2.30. The zero-order valence-electron chi connectivity index (χ0n) is 16.2. The lowest BCUT2D eigenvalue weighted by Crippen LogP contribution is -2.19. The molecule has 0 aliphatic rings. The predicted molar refractivity (Wildman–Crippen MR) is 107 cm³/mol. The van der Waals surface area contributed by atoms with Crippen LogP contribution in [0.4, 0.5) is 5.69 Å². The van der Waals surface area contributed by atoms with Crippen molar-refractivity contribution in [3.05, 3.63) is 47.8 Å². The summed E-state index contributed by atoms with van der Waals surface area (Å²) in [6.45, 7) is 1.03. The molecule has 0 spiro atoms. The fraction of sp³-hybridized carbons (Fsp3) is 0.300. The van der Waals surface area contributed by atoms with Crippen LogP contribution in [0.25, 0.3) is 11.0 Å². The van der Waals surface area contributed by atoms with Crippen LogP contribution < -0.4 is 14.8 Å². The van der Waals surface area contributed by atoms with Crippen molar-refractivity contribution in [2.24, 2.45) is 0 Å². The van der Waals surface area contributed by atoms with Crippen LogP contribution in [0.2, 0.25) is 0 Å². The highest BCUT2D eigenvalue weighted by Gasteiger charge is 2.15. The van der Waals surface area contributed by atoms with Gasteiger partial charge < -0.3 is 29.8 Å². The Morgan fingerprint density at radius 1 is 1.25 bits per heavy atom. The van der Waals surface area contributed by atoms with Gasteiger partial charge in [-0.1, -0.05) is 6.07 Å². The van der Waals surface area contributed by atoms with Crippen molar-refractivity contribution in [1.29, 1.82) is 0 Å². The summed E-state index contributed by atoms with van der Waals surface area (Å²) in [5.74, 6) is 1.27. The highest BCUT2D eigenvalue weighted by atomic mass is 16.5. The number of rotatable bonds is 8. The van der Waals surface area contributed by atoms with Crippen LogP contribution in [0, 0.1) is 0 Å². The van der Waals surface area contributed by atoms with Gasteiger partial charge in [-0.15, -0.1) is 0 Å². The summed E-state index contributed by atoms with van der Waals surface area (Å²) < 4.78 is 11.1. The molecular weight excluding hydrogens is 360 g/mol. The molecule has 0 atom stereocenters. The van der Waals surface area contributed by atoms with Gasteiger partial charge in [0, 0.05) is 18.3 Å². The quantitative estimate of drug-likeness (QED) is 0.551. The molecule has 8 heteroatoms. The number of amides is 1. The van der Waals surface area contributed by atoms with Crippen molar-refractivity contribution in [1.82, 2.24) is 14.9 Å². The minimum absolute atomic E-state index is 0.220. The van der Waals surface area contributed by atoms with Crippen molar-refractivity contribution in [3.63, 3.8) is 0 Å². The van der Waals surface area contributed by atoms with Gasteiger partial charge in [-0.2, -0.15) is 0 Å². The van der Waals surface area contributed by atoms with E-state index in [1.165, 1.54) is 0 Å². The van der Waals surface area contributed by atoms with Crippen LogP contribution in [-0.2, 0) is 6.61 Å². The second kappa shape index (κ2) is 8.73. The average Bonchev–Trinajstić information content (AvgIpc) is 3.11. The Labute approximate surface area is 163 Å². The predicted octanol–water partition coefficient (Wildman–Crippen LogP) is 2.26. The summed E-state index contributed by atoms with van der Waals surface area (Å²) in [5.41, 5.74) is 2.21. The van der Waals surface area contributed by atoms with E-state index in [0.717, 1.165) is 6.54 Å². The maximum atomic E-state index is 12.8. The van der Waals surface area contributed by atoms with E-state index in [1.54, 1.807) is 37.4 Å². The number of ether oxygens (including phenoxy) is 2. The van der Waals surface area contributed by atoms with Crippen LogP contribution in [0.3, 0.4) is 0 Å². The van der Waals surface area contributed by atoms with Crippen molar-refractivity contribution in [3.8, 4) is 11.5 Å². The van der Waals surface area contributed by atoms with Crippen LogP contribution >= 0.6 is 0 Å². The molecule has 0 fully saturated rings. The highest BCUT2D eigenvalue weighted by molar-refractivity contribution is 6.11. The van der Waals surface area contributed by atoms with Crippen LogP contribution in [0.5, 0.6) is 11.5 Å². The second-order valence-electron chi connectivity index (χ2n) is 6.51. The fourth-order valence-corrected chi connectivity index (χ4v) is 2.75. The number of benzene rings is 2. The van der Waals surface area contributed by atoms with Gasteiger partial charge in [-0.3, -0.25) is 4.79 Å². The molecule has 0 aliphatic carbocycles. The maximum absolute atomic E-state index is 12.8. The van der Waals surface area contributed by atoms with Crippen LogP contribution in [-0.4, -0.2) is 60.2 Å². The average molecular weight is 384 g/mol. The lowest BCUT2D eigenvalue weighted by Gasteiger charge is -2.15. The molecule has 1 aromatic heterocycles. The minimum atomic E-state index is -0.300. The van der Waals surface area contributed by atoms with Crippen molar-refractivity contribution >= 4 is 22.6 Å². The molecule has 3 rings (SSSR count). The van der Waals surface area contributed by atoms with Gasteiger partial charge in [0.1, 0.15) is 24.6 Å². The SMILES string of the molecule is COc1ccc(NC(=O)c2cccc3[nH]c(CO)nc23)cc1OCCN(C)C. The molecule has 8 nitrogen and oxygen atoms in total. The first-order valence-corrected chi connectivity index (χ1v) is 8.87. The molecule has 2 aromatic carbocycles. The molecule has 3 N–H and O–H groups in total. The van der Waals surface area contributed by atoms with Gasteiger partial charge in [0.25, 0.3) is 5.91 Å². The van der Waals surface area contributed by atoms with E-state index in [4.69, 9.17) is 9.47 Å². The minimum Gasteiger partial charge on any atom is -0.493 e. The number of imidazole rings is 1. The zero-order chi connectivity index (χ0) is 20.1. The van der Waals surface area contributed by atoms with E-state index in [2.05, 4.69) is 15.3 Å². The Morgan fingerprint density at radius 2 is 2.07 bits per heavy atom. The summed E-state index contributed by atoms with van der Waals surface area (Å²) in [7, 11) is 5.51. The lowest BCUT2D eigenvalue weighted by molar-refractivity contribution is 0.102. The summed E-state index contributed by atoms with van der Waals surface area (Å²) in [4.78, 5) is 22.1. The number of H-pyrrole nitrogens is 1. The number of para-hydroxylation sites is 1. The number of likely N-dealkylation sites (N-methyl/N-ethyl adjacent to an activating group) is 1. The molecule has 148 valence electrons. The fourth-order valence-electron chi connectivity index (χ4n) is 2.75. The van der Waals surface area contributed by atoms with E-state index < -0.39 is 0 Å². The number of aliphatic hydroxyl groups excluding tert-OH is 1. The van der Waals surface area contributed by atoms with Gasteiger partial charge in [0.15, 0.2) is 11.5 Å². The Hall–Kier alpha value is -3.10. The number of nitrogens with one attached hydrogen (secondary N) is 2. The first-order valence-electron chi connectivity index (χ1n) is 8.87. The summed E-state index contributed by atoms with van der Waals surface area (Å²) in [6, 6.07) is 10.5. The van der Waals surface area contributed by atoms with E-state index in [0.29, 0.717) is 46.2 Å². The molecule has 28 heavy (non-hydrogen) atoms. The molecule has 0 saturated heterocycles. The first-order chi connectivity index (χ1) is 13.5. The van der Waals surface area contributed by atoms with E-state index in [9.17, 15) is 9.90 Å². The maximum Gasteiger partial charge on any atom is 0.257 e. The molecule has 0 saturated carbocycles. The number of carbonyl (C=O) groups is 1. The summed E-state index contributed by atoms with van der Waals surface area (Å²) in [6.07, 6.45) is 0. The molecule has 1 amide bonds. The summed E-state index contributed by atoms with van der Waals surface area (Å²) >= 11 is 0. The molecule has 0 unspecified atom stereocenters. The number of fused-ring (bicyclic) bond motifs is 1. The number of hydrogen-bond donors (Lipinski definition) is 3. The monoisotopic (exact) mass is 384 g/mol. The largest absolute Gasteiger partial charge is 0.493 e. The Kier molecular flexibility index (Phi) is 6.13. The number of methoxy groups -OCH3 is 1. The number of nitrogens with zero attached hydrogens (tertiary/aromatic N) is 2. The van der Waals surface area contributed by atoms with Gasteiger partial charge >= 0.3 is 0 Å².